The summed E-state index contributed by atoms with van der Waals surface area (Å²) in [5.41, 5.74) is 1.51. The van der Waals surface area contributed by atoms with Crippen molar-refractivity contribution < 1.29 is 9.53 Å². The highest BCUT2D eigenvalue weighted by Gasteiger charge is 2.14. The van der Waals surface area contributed by atoms with E-state index in [9.17, 15) is 4.79 Å². The van der Waals surface area contributed by atoms with E-state index in [1.54, 1.807) is 18.0 Å². The molecule has 94 valence electrons. The fourth-order valence-electron chi connectivity index (χ4n) is 1.35. The van der Waals surface area contributed by atoms with E-state index in [2.05, 4.69) is 4.74 Å². The van der Waals surface area contributed by atoms with Crippen LogP contribution in [-0.2, 0) is 9.53 Å². The summed E-state index contributed by atoms with van der Waals surface area (Å²) in [4.78, 5) is 13.5. The van der Waals surface area contributed by atoms with Crippen LogP contribution in [0.3, 0.4) is 0 Å². The van der Waals surface area contributed by atoms with Crippen LogP contribution in [-0.4, -0.2) is 37.9 Å². The van der Waals surface area contributed by atoms with Crippen molar-refractivity contribution in [2.24, 2.45) is 0 Å². The molecule has 0 saturated carbocycles. The number of nitrogens with zero attached hydrogens (tertiary/aromatic N) is 2. The maximum absolute atomic E-state index is 11.4. The van der Waals surface area contributed by atoms with E-state index in [-0.39, 0.29) is 10.4 Å². The maximum atomic E-state index is 11.4. The number of methoxy groups -OCH3 is 1. The molecule has 4 nitrogen and oxygen atoms in total. The molecule has 0 radical (unpaired) electrons. The Bertz CT molecular complexity index is 514. The van der Waals surface area contributed by atoms with Gasteiger partial charge in [-0.15, -0.1) is 0 Å². The average molecular weight is 261 g/mol. The highest BCUT2D eigenvalue weighted by molar-refractivity contribution is 7.81. The molecule has 0 fully saturated rings. The monoisotopic (exact) mass is 261 g/mol. The second kappa shape index (κ2) is 6.10. The molecule has 0 N–H and O–H groups in total. The zero-order valence-corrected chi connectivity index (χ0v) is 11.2. The van der Waals surface area contributed by atoms with Gasteiger partial charge in [-0.05, 0) is 17.7 Å². The van der Waals surface area contributed by atoms with Crippen LogP contribution in [0.25, 0.3) is 5.41 Å². The zero-order chi connectivity index (χ0) is 13.7. The number of hydrogen-bond acceptors (Lipinski definition) is 4. The molecule has 0 saturated heterocycles. The van der Waals surface area contributed by atoms with Crippen LogP contribution in [0.1, 0.15) is 5.56 Å². The first-order valence-corrected chi connectivity index (χ1v) is 5.59. The van der Waals surface area contributed by atoms with Gasteiger partial charge in [0.1, 0.15) is 0 Å². The Kier molecular flexibility index (Phi) is 4.77. The van der Waals surface area contributed by atoms with Crippen LogP contribution in [0.15, 0.2) is 29.8 Å². The van der Waals surface area contributed by atoms with Crippen molar-refractivity contribution in [3.8, 4) is 0 Å². The van der Waals surface area contributed by atoms with Gasteiger partial charge in [0.15, 0.2) is 0 Å². The van der Waals surface area contributed by atoms with Crippen LogP contribution in [0.5, 0.6) is 0 Å². The highest BCUT2D eigenvalue weighted by Crippen LogP contribution is 2.15. The van der Waals surface area contributed by atoms with Gasteiger partial charge < -0.3 is 15.0 Å². The normalized spacial score (nSPS) is 9.28. The van der Waals surface area contributed by atoms with Crippen LogP contribution in [0.2, 0.25) is 0 Å². The summed E-state index contributed by atoms with van der Waals surface area (Å²) in [5, 5.41) is 8.92. The molecule has 1 aromatic rings. The van der Waals surface area contributed by atoms with Crippen molar-refractivity contribution in [1.29, 1.82) is 0 Å². The molecule has 5 heteroatoms. The van der Waals surface area contributed by atoms with Crippen LogP contribution >= 0.6 is 12.2 Å². The van der Waals surface area contributed by atoms with Gasteiger partial charge in [-0.3, -0.25) is 5.87 Å². The first-order chi connectivity index (χ1) is 8.51. The summed E-state index contributed by atoms with van der Waals surface area (Å²) in [6.07, 6.45) is 0. The number of thiocarbonyl (C=S) groups is 1. The number of carbonyl (C=O) groups is 1. The SMILES string of the molecule is COC(=O)C(=C=[N-])C(=S)c1ccc(N(C)C)cc1. The number of anilines is 1. The maximum Gasteiger partial charge on any atom is 0.345 e. The van der Waals surface area contributed by atoms with Gasteiger partial charge >= 0.3 is 5.97 Å². The molecule has 0 aromatic heterocycles. The van der Waals surface area contributed by atoms with Gasteiger partial charge in [-0.25, -0.2) is 4.79 Å². The van der Waals surface area contributed by atoms with Gasteiger partial charge in [0.25, 0.3) is 0 Å². The summed E-state index contributed by atoms with van der Waals surface area (Å²) in [5.74, 6) is 1.07. The minimum Gasteiger partial charge on any atom is -0.763 e. The summed E-state index contributed by atoms with van der Waals surface area (Å²) >= 11 is 5.12. The smallest absolute Gasteiger partial charge is 0.345 e. The number of esters is 1. The molecule has 0 heterocycles. The van der Waals surface area contributed by atoms with Gasteiger partial charge in [-0.1, -0.05) is 24.4 Å². The fraction of sp³-hybridized carbons (Fsp3) is 0.231. The molecule has 0 aliphatic carbocycles. The number of carbonyl (C=O) groups excluding carboxylic acids is 1. The lowest BCUT2D eigenvalue weighted by atomic mass is 10.1. The minimum absolute atomic E-state index is 0.148. The largest absolute Gasteiger partial charge is 0.763 e. The van der Waals surface area contributed by atoms with Crippen LogP contribution in [0.4, 0.5) is 5.69 Å². The number of ether oxygens (including phenoxy) is 1. The summed E-state index contributed by atoms with van der Waals surface area (Å²) in [7, 11) is 5.07. The topological polar surface area (TPSA) is 51.8 Å². The number of rotatable bonds is 4. The molecule has 0 aliphatic rings. The molecule has 0 spiro atoms. The molecular formula is C13H13N2O2S-. The molecular weight excluding hydrogens is 248 g/mol. The fourth-order valence-corrected chi connectivity index (χ4v) is 1.61. The number of hydrogen-bond donors (Lipinski definition) is 0. The lowest BCUT2D eigenvalue weighted by Crippen LogP contribution is -2.15. The zero-order valence-electron chi connectivity index (χ0n) is 10.4. The van der Waals surface area contributed by atoms with E-state index in [4.69, 9.17) is 17.6 Å². The molecule has 0 bridgehead atoms. The molecule has 0 amide bonds. The summed E-state index contributed by atoms with van der Waals surface area (Å²) in [6.45, 7) is 0. The second-order valence-electron chi connectivity index (χ2n) is 3.75. The first-order valence-electron chi connectivity index (χ1n) is 5.18. The van der Waals surface area contributed by atoms with Crippen LogP contribution < -0.4 is 4.90 Å². The number of benzene rings is 1. The summed E-state index contributed by atoms with van der Waals surface area (Å²) in [6, 6.07) is 7.29. The van der Waals surface area contributed by atoms with Crippen molar-refractivity contribution in [2.45, 2.75) is 0 Å². The first kappa shape index (κ1) is 14.1. The Hall–Kier alpha value is -1.97. The van der Waals surface area contributed by atoms with Gasteiger partial charge in [0.05, 0.1) is 17.5 Å². The lowest BCUT2D eigenvalue weighted by Gasteiger charge is -2.13. The van der Waals surface area contributed by atoms with E-state index >= 15 is 0 Å². The van der Waals surface area contributed by atoms with Crippen molar-refractivity contribution in [3.05, 3.63) is 40.8 Å². The molecule has 0 atom stereocenters. The third-order valence-corrected chi connectivity index (χ3v) is 2.81. The van der Waals surface area contributed by atoms with Crippen molar-refractivity contribution >= 4 is 34.6 Å². The van der Waals surface area contributed by atoms with Gasteiger partial charge in [-0.2, -0.15) is 0 Å². The Morgan fingerprint density at radius 3 is 2.28 bits per heavy atom. The predicted octanol–water partition coefficient (Wildman–Crippen LogP) is 1.81. The van der Waals surface area contributed by atoms with E-state index in [0.29, 0.717) is 5.56 Å². The van der Waals surface area contributed by atoms with E-state index < -0.39 is 5.97 Å². The van der Waals surface area contributed by atoms with E-state index in [1.165, 1.54) is 7.11 Å². The predicted molar refractivity (Wildman–Crippen MR) is 76.4 cm³/mol. The molecule has 0 aliphatic heterocycles. The molecule has 18 heavy (non-hydrogen) atoms. The van der Waals surface area contributed by atoms with E-state index in [1.807, 2.05) is 31.1 Å². The Balaban J connectivity index is 3.04. The average Bonchev–Trinajstić information content (AvgIpc) is 2.39. The van der Waals surface area contributed by atoms with Crippen LogP contribution in [0, 0.1) is 0 Å². The molecule has 1 rings (SSSR count). The molecule has 0 unspecified atom stereocenters. The standard InChI is InChI=1S/C13H13N2O2S/c1-15(2)10-6-4-9(5-7-10)12(18)11(8-14)13(16)17-3/h4-7H,1-3H3/q-1. The summed E-state index contributed by atoms with van der Waals surface area (Å²) < 4.78 is 4.51. The lowest BCUT2D eigenvalue weighted by molar-refractivity contribution is -0.135. The molecule has 1 aromatic carbocycles. The van der Waals surface area contributed by atoms with E-state index in [0.717, 1.165) is 5.69 Å². The van der Waals surface area contributed by atoms with Crippen molar-refractivity contribution in [2.75, 3.05) is 26.1 Å². The third kappa shape index (κ3) is 3.03. The quantitative estimate of drug-likeness (QED) is 0.273. The van der Waals surface area contributed by atoms with Gasteiger partial charge in [0, 0.05) is 19.8 Å². The Morgan fingerprint density at radius 1 is 1.33 bits per heavy atom. The highest BCUT2D eigenvalue weighted by atomic mass is 32.1. The second-order valence-corrected chi connectivity index (χ2v) is 4.16. The Morgan fingerprint density at radius 2 is 1.89 bits per heavy atom. The van der Waals surface area contributed by atoms with Gasteiger partial charge in [0.2, 0.25) is 0 Å². The minimum atomic E-state index is -0.709. The Labute approximate surface area is 111 Å². The van der Waals surface area contributed by atoms with Crippen molar-refractivity contribution in [1.82, 2.24) is 0 Å². The van der Waals surface area contributed by atoms with Crippen molar-refractivity contribution in [3.63, 3.8) is 0 Å². The third-order valence-electron chi connectivity index (χ3n) is 2.37.